The number of alkyl carbamates (subject to hydrolysis) is 1. The molecule has 47 heavy (non-hydrogen) atoms. The number of aliphatic hydroxyl groups excluding tert-OH is 1. The van der Waals surface area contributed by atoms with Crippen molar-refractivity contribution in [2.45, 2.75) is 70.0 Å². The molecule has 5 rings (SSSR count). The molecule has 3 aliphatic rings. The number of fused-ring (bicyclic) bond motifs is 2. The first kappa shape index (κ1) is 34.8. The van der Waals surface area contributed by atoms with Crippen molar-refractivity contribution in [1.82, 2.24) is 14.5 Å². The lowest BCUT2D eigenvalue weighted by atomic mass is 10.0. The number of hydrogen-bond acceptors (Lipinski definition) is 9. The Hall–Kier alpha value is -3.49. The molecule has 2 saturated heterocycles. The number of sulfonamides is 1. The number of nitrogens with zero attached hydrogens (tertiary/aromatic N) is 2. The Morgan fingerprint density at radius 2 is 1.87 bits per heavy atom. The van der Waals surface area contributed by atoms with Gasteiger partial charge >= 0.3 is 6.09 Å². The van der Waals surface area contributed by atoms with E-state index in [1.807, 2.05) is 62.9 Å². The molecule has 12 nitrogen and oxygen atoms in total. The van der Waals surface area contributed by atoms with E-state index < -0.39 is 34.4 Å². The van der Waals surface area contributed by atoms with Gasteiger partial charge in [0.2, 0.25) is 10.0 Å². The minimum absolute atomic E-state index is 0.00703. The number of ether oxygens (including phenoxy) is 3. The second-order valence-electron chi connectivity index (χ2n) is 12.6. The fraction of sp³-hybridized carbons (Fsp3) is 0.529. The minimum Gasteiger partial charge on any atom is -0.443 e. The molecule has 5 atom stereocenters. The fourth-order valence-electron chi connectivity index (χ4n) is 6.23. The standard InChI is InChI=1S/C34H46N4O8S/c1-5-37(6-2)19-27-26-17-24(12-13-28(26)35-32(27)40)47(42,43)38(18-22(3)4)20-30(39)29(16-23-10-8-7-9-11-23)36-34(41)46-31-21-45-33-25(31)14-15-44-33/h7-13,17,19,22,25,29-31,33,39H,5-6,14-16,18,20-21H2,1-4H3,(H,35,40)(H,36,41)/b27-19-. The maximum Gasteiger partial charge on any atom is 0.407 e. The first-order valence-corrected chi connectivity index (χ1v) is 17.8. The normalized spacial score (nSPS) is 22.7. The van der Waals surface area contributed by atoms with Crippen molar-refractivity contribution in [3.63, 3.8) is 0 Å². The van der Waals surface area contributed by atoms with E-state index in [0.29, 0.717) is 36.5 Å². The third-order valence-electron chi connectivity index (χ3n) is 8.81. The molecule has 3 heterocycles. The van der Waals surface area contributed by atoms with Crippen LogP contribution in [0.25, 0.3) is 5.57 Å². The van der Waals surface area contributed by atoms with Crippen LogP contribution < -0.4 is 10.6 Å². The van der Waals surface area contributed by atoms with Gasteiger partial charge in [-0.05, 0) is 56.4 Å². The summed E-state index contributed by atoms with van der Waals surface area (Å²) in [4.78, 5) is 27.9. The van der Waals surface area contributed by atoms with Gasteiger partial charge in [-0.2, -0.15) is 4.31 Å². The van der Waals surface area contributed by atoms with Gasteiger partial charge in [-0.3, -0.25) is 4.79 Å². The highest BCUT2D eigenvalue weighted by atomic mass is 32.2. The predicted octanol–water partition coefficient (Wildman–Crippen LogP) is 3.43. The van der Waals surface area contributed by atoms with Crippen LogP contribution in [0.1, 0.15) is 45.2 Å². The van der Waals surface area contributed by atoms with Gasteiger partial charge in [0, 0.05) is 43.6 Å². The molecular weight excluding hydrogens is 624 g/mol. The summed E-state index contributed by atoms with van der Waals surface area (Å²) in [5.41, 5.74) is 2.29. The summed E-state index contributed by atoms with van der Waals surface area (Å²) in [5.74, 6) is -0.412. The molecule has 2 amide bonds. The second-order valence-corrected chi connectivity index (χ2v) is 14.6. The number of hydrogen-bond donors (Lipinski definition) is 3. The van der Waals surface area contributed by atoms with Crippen LogP contribution in [0.4, 0.5) is 10.5 Å². The Labute approximate surface area is 277 Å². The Balaban J connectivity index is 1.38. The molecule has 3 N–H and O–H groups in total. The maximum atomic E-state index is 14.2. The van der Waals surface area contributed by atoms with E-state index in [1.54, 1.807) is 12.3 Å². The predicted molar refractivity (Wildman–Crippen MR) is 177 cm³/mol. The van der Waals surface area contributed by atoms with Gasteiger partial charge < -0.3 is 34.9 Å². The summed E-state index contributed by atoms with van der Waals surface area (Å²) in [6.07, 6.45) is -0.136. The Bertz CT molecular complexity index is 1550. The second kappa shape index (κ2) is 15.2. The molecule has 3 aliphatic heterocycles. The van der Waals surface area contributed by atoms with Crippen LogP contribution in [-0.4, -0.2) is 98.7 Å². The monoisotopic (exact) mass is 670 g/mol. The van der Waals surface area contributed by atoms with E-state index >= 15 is 0 Å². The van der Waals surface area contributed by atoms with Gasteiger partial charge in [0.25, 0.3) is 5.91 Å². The van der Waals surface area contributed by atoms with Crippen molar-refractivity contribution < 1.29 is 37.3 Å². The average molecular weight is 671 g/mol. The number of rotatable bonds is 14. The number of benzene rings is 2. The third-order valence-corrected chi connectivity index (χ3v) is 10.6. The van der Waals surface area contributed by atoms with E-state index in [4.69, 9.17) is 14.2 Å². The zero-order valence-corrected chi connectivity index (χ0v) is 28.2. The van der Waals surface area contributed by atoms with Gasteiger partial charge in [0.1, 0.15) is 6.10 Å². The van der Waals surface area contributed by atoms with Crippen molar-refractivity contribution in [3.05, 3.63) is 65.9 Å². The zero-order chi connectivity index (χ0) is 33.7. The molecule has 0 spiro atoms. The van der Waals surface area contributed by atoms with Crippen LogP contribution >= 0.6 is 0 Å². The fourth-order valence-corrected chi connectivity index (χ4v) is 7.88. The molecule has 0 aliphatic carbocycles. The molecule has 2 aromatic carbocycles. The number of aliphatic hydroxyl groups is 1. The quantitative estimate of drug-likeness (QED) is 0.257. The van der Waals surface area contributed by atoms with Gasteiger partial charge in [-0.15, -0.1) is 0 Å². The van der Waals surface area contributed by atoms with E-state index in [2.05, 4.69) is 10.6 Å². The first-order chi connectivity index (χ1) is 22.5. The smallest absolute Gasteiger partial charge is 0.407 e. The topological polar surface area (TPSA) is 147 Å². The minimum atomic E-state index is -4.14. The lowest BCUT2D eigenvalue weighted by Gasteiger charge is -2.31. The summed E-state index contributed by atoms with van der Waals surface area (Å²) in [7, 11) is -4.14. The van der Waals surface area contributed by atoms with Crippen molar-refractivity contribution in [2.75, 3.05) is 44.7 Å². The average Bonchev–Trinajstić information content (AvgIpc) is 3.74. The number of carbonyl (C=O) groups excluding carboxylic acids is 2. The molecule has 0 radical (unpaired) electrons. The molecule has 2 fully saturated rings. The Kier molecular flexibility index (Phi) is 11.2. The highest BCUT2D eigenvalue weighted by Crippen LogP contribution is 2.35. The van der Waals surface area contributed by atoms with Crippen molar-refractivity contribution in [3.8, 4) is 0 Å². The SMILES string of the molecule is CCN(/C=C1\C(=O)Nc2ccc(S(=O)(=O)N(CC(C)C)CC(O)C(Cc3ccccc3)NC(=O)OC3COC4OCCC34)cc21)CC. The van der Waals surface area contributed by atoms with E-state index in [0.717, 1.165) is 12.0 Å². The van der Waals surface area contributed by atoms with Crippen LogP contribution in [0.3, 0.4) is 0 Å². The van der Waals surface area contributed by atoms with Crippen LogP contribution in [0.5, 0.6) is 0 Å². The van der Waals surface area contributed by atoms with Crippen LogP contribution in [0.2, 0.25) is 0 Å². The molecular formula is C34H46N4O8S. The van der Waals surface area contributed by atoms with Gasteiger partial charge in [0.05, 0.1) is 41.7 Å². The van der Waals surface area contributed by atoms with Crippen LogP contribution in [0, 0.1) is 11.8 Å². The van der Waals surface area contributed by atoms with E-state index in [9.17, 15) is 23.1 Å². The Morgan fingerprint density at radius 1 is 1.13 bits per heavy atom. The van der Waals surface area contributed by atoms with Crippen LogP contribution in [0.15, 0.2) is 59.6 Å². The van der Waals surface area contributed by atoms with E-state index in [1.165, 1.54) is 16.4 Å². The number of nitrogens with one attached hydrogen (secondary N) is 2. The summed E-state index contributed by atoms with van der Waals surface area (Å²) < 4.78 is 46.5. The van der Waals surface area contributed by atoms with Gasteiger partial charge in [-0.1, -0.05) is 44.2 Å². The summed E-state index contributed by atoms with van der Waals surface area (Å²) >= 11 is 0. The third kappa shape index (κ3) is 8.15. The van der Waals surface area contributed by atoms with Crippen LogP contribution in [-0.2, 0) is 35.4 Å². The highest BCUT2D eigenvalue weighted by molar-refractivity contribution is 7.89. The lowest BCUT2D eigenvalue weighted by Crippen LogP contribution is -2.51. The summed E-state index contributed by atoms with van der Waals surface area (Å²) in [6, 6.07) is 13.1. The van der Waals surface area contributed by atoms with Gasteiger partial charge in [-0.25, -0.2) is 13.2 Å². The molecule has 5 unspecified atom stereocenters. The molecule has 13 heteroatoms. The first-order valence-electron chi connectivity index (χ1n) is 16.3. The van der Waals surface area contributed by atoms with Crippen molar-refractivity contribution >= 4 is 33.3 Å². The lowest BCUT2D eigenvalue weighted by molar-refractivity contribution is -0.110. The number of anilines is 1. The Morgan fingerprint density at radius 3 is 2.57 bits per heavy atom. The maximum absolute atomic E-state index is 14.2. The molecule has 0 bridgehead atoms. The zero-order valence-electron chi connectivity index (χ0n) is 27.4. The summed E-state index contributed by atoms with van der Waals surface area (Å²) in [6.45, 7) is 9.74. The molecule has 0 aromatic heterocycles. The van der Waals surface area contributed by atoms with E-state index in [-0.39, 0.29) is 55.0 Å². The van der Waals surface area contributed by atoms with Crippen molar-refractivity contribution in [2.24, 2.45) is 11.8 Å². The largest absolute Gasteiger partial charge is 0.443 e. The number of carbonyl (C=O) groups is 2. The van der Waals surface area contributed by atoms with Gasteiger partial charge in [0.15, 0.2) is 6.29 Å². The van der Waals surface area contributed by atoms with Crippen molar-refractivity contribution in [1.29, 1.82) is 0 Å². The molecule has 2 aromatic rings. The number of amides is 2. The highest BCUT2D eigenvalue weighted by Gasteiger charge is 2.44. The molecule has 256 valence electrons. The molecule has 0 saturated carbocycles. The summed E-state index contributed by atoms with van der Waals surface area (Å²) in [5, 5.41) is 17.2.